The van der Waals surface area contributed by atoms with E-state index in [1.165, 1.54) is 0 Å². The number of rotatable bonds is 2. The average molecular weight is 258 g/mol. The molecule has 2 heterocycles. The molecule has 2 aromatic rings. The highest BCUT2D eigenvalue weighted by atomic mass is 16.1. The SMILES string of the molecule is CN1CCC[C@@H](NC(=O)c2ccc3nc[nH]c3c2)C1. The zero-order chi connectivity index (χ0) is 13.2. The van der Waals surface area contributed by atoms with E-state index in [-0.39, 0.29) is 11.9 Å². The lowest BCUT2D eigenvalue weighted by Crippen LogP contribution is -2.46. The first kappa shape index (κ1) is 12.2. The molecular formula is C14H18N4O. The second-order valence-corrected chi connectivity index (χ2v) is 5.21. The largest absolute Gasteiger partial charge is 0.348 e. The third-order valence-electron chi connectivity index (χ3n) is 3.64. The van der Waals surface area contributed by atoms with Crippen LogP contribution in [0.3, 0.4) is 0 Å². The van der Waals surface area contributed by atoms with Gasteiger partial charge in [-0.25, -0.2) is 4.98 Å². The third-order valence-corrected chi connectivity index (χ3v) is 3.64. The van der Waals surface area contributed by atoms with E-state index in [9.17, 15) is 4.79 Å². The zero-order valence-electron chi connectivity index (χ0n) is 11.0. The van der Waals surface area contributed by atoms with Crippen molar-refractivity contribution in [1.82, 2.24) is 20.2 Å². The summed E-state index contributed by atoms with van der Waals surface area (Å²) in [6.07, 6.45) is 3.84. The number of hydrogen-bond donors (Lipinski definition) is 2. The first-order chi connectivity index (χ1) is 9.22. The molecule has 0 radical (unpaired) electrons. The minimum atomic E-state index is -0.00296. The van der Waals surface area contributed by atoms with Gasteiger partial charge in [-0.1, -0.05) is 0 Å². The van der Waals surface area contributed by atoms with Gasteiger partial charge in [-0.05, 0) is 44.6 Å². The topological polar surface area (TPSA) is 61.0 Å². The lowest BCUT2D eigenvalue weighted by Gasteiger charge is -2.30. The number of carbonyl (C=O) groups excluding carboxylic acids is 1. The van der Waals surface area contributed by atoms with Gasteiger partial charge in [0.05, 0.1) is 17.4 Å². The summed E-state index contributed by atoms with van der Waals surface area (Å²) in [7, 11) is 2.09. The van der Waals surface area contributed by atoms with Crippen LogP contribution in [-0.4, -0.2) is 47.0 Å². The molecule has 1 fully saturated rings. The van der Waals surface area contributed by atoms with Crippen molar-refractivity contribution in [2.24, 2.45) is 0 Å². The normalized spacial score (nSPS) is 20.6. The van der Waals surface area contributed by atoms with E-state index in [1.807, 2.05) is 18.2 Å². The van der Waals surface area contributed by atoms with Crippen molar-refractivity contribution in [1.29, 1.82) is 0 Å². The van der Waals surface area contributed by atoms with Crippen LogP contribution in [-0.2, 0) is 0 Å². The van der Waals surface area contributed by atoms with Gasteiger partial charge in [-0.2, -0.15) is 0 Å². The first-order valence-electron chi connectivity index (χ1n) is 6.65. The number of benzene rings is 1. The van der Waals surface area contributed by atoms with Crippen molar-refractivity contribution in [2.75, 3.05) is 20.1 Å². The standard InChI is InChI=1S/C14H18N4O/c1-18-6-2-3-11(8-18)17-14(19)10-4-5-12-13(7-10)16-9-15-12/h4-5,7,9,11H,2-3,6,8H2,1H3,(H,15,16)(H,17,19)/t11-/m1/s1. The maximum atomic E-state index is 12.2. The molecule has 1 saturated heterocycles. The van der Waals surface area contributed by atoms with E-state index >= 15 is 0 Å². The summed E-state index contributed by atoms with van der Waals surface area (Å²) in [4.78, 5) is 21.7. The molecule has 0 saturated carbocycles. The van der Waals surface area contributed by atoms with Crippen molar-refractivity contribution >= 4 is 16.9 Å². The molecule has 1 aromatic carbocycles. The Morgan fingerprint density at radius 2 is 2.42 bits per heavy atom. The van der Waals surface area contributed by atoms with Gasteiger partial charge in [0.1, 0.15) is 0 Å². The Labute approximate surface area is 112 Å². The van der Waals surface area contributed by atoms with E-state index in [0.717, 1.165) is 37.0 Å². The van der Waals surface area contributed by atoms with E-state index in [1.54, 1.807) is 6.33 Å². The molecule has 1 aliphatic rings. The average Bonchev–Trinajstić information content (AvgIpc) is 2.85. The van der Waals surface area contributed by atoms with Crippen molar-refractivity contribution in [3.05, 3.63) is 30.1 Å². The molecule has 19 heavy (non-hydrogen) atoms. The monoisotopic (exact) mass is 258 g/mol. The minimum Gasteiger partial charge on any atom is -0.348 e. The van der Waals surface area contributed by atoms with E-state index in [4.69, 9.17) is 0 Å². The molecule has 1 atom stereocenters. The summed E-state index contributed by atoms with van der Waals surface area (Å²) in [6.45, 7) is 2.05. The Bertz CT molecular complexity index is 592. The number of carbonyl (C=O) groups is 1. The fourth-order valence-electron chi connectivity index (χ4n) is 2.63. The molecule has 1 aliphatic heterocycles. The fourth-order valence-corrected chi connectivity index (χ4v) is 2.63. The quantitative estimate of drug-likeness (QED) is 0.855. The summed E-state index contributed by atoms with van der Waals surface area (Å²) in [5.74, 6) is -0.00296. The number of amides is 1. The number of aromatic amines is 1. The molecule has 2 N–H and O–H groups in total. The Morgan fingerprint density at radius 1 is 1.53 bits per heavy atom. The third kappa shape index (κ3) is 2.61. The van der Waals surface area contributed by atoms with Crippen molar-refractivity contribution in [3.8, 4) is 0 Å². The molecule has 0 spiro atoms. The first-order valence-corrected chi connectivity index (χ1v) is 6.65. The van der Waals surface area contributed by atoms with Gasteiger partial charge < -0.3 is 15.2 Å². The highest BCUT2D eigenvalue weighted by molar-refractivity contribution is 5.97. The lowest BCUT2D eigenvalue weighted by atomic mass is 10.1. The van der Waals surface area contributed by atoms with Crippen LogP contribution in [0, 0.1) is 0 Å². The number of likely N-dealkylation sites (tertiary alicyclic amines) is 1. The van der Waals surface area contributed by atoms with E-state index in [2.05, 4.69) is 27.2 Å². The van der Waals surface area contributed by atoms with Gasteiger partial charge in [-0.15, -0.1) is 0 Å². The molecule has 100 valence electrons. The molecule has 1 amide bonds. The maximum absolute atomic E-state index is 12.2. The van der Waals surface area contributed by atoms with Gasteiger partial charge in [0.2, 0.25) is 0 Å². The van der Waals surface area contributed by atoms with Gasteiger partial charge in [-0.3, -0.25) is 4.79 Å². The molecule has 0 unspecified atom stereocenters. The van der Waals surface area contributed by atoms with Gasteiger partial charge in [0.15, 0.2) is 0 Å². The van der Waals surface area contributed by atoms with Gasteiger partial charge >= 0.3 is 0 Å². The van der Waals surface area contributed by atoms with Crippen LogP contribution in [0.15, 0.2) is 24.5 Å². The Kier molecular flexibility index (Phi) is 3.21. The van der Waals surface area contributed by atoms with Crippen molar-refractivity contribution in [2.45, 2.75) is 18.9 Å². The maximum Gasteiger partial charge on any atom is 0.251 e. The van der Waals surface area contributed by atoms with Crippen LogP contribution in [0.2, 0.25) is 0 Å². The number of hydrogen-bond acceptors (Lipinski definition) is 3. The second-order valence-electron chi connectivity index (χ2n) is 5.21. The molecule has 5 nitrogen and oxygen atoms in total. The summed E-state index contributed by atoms with van der Waals surface area (Å²) in [5, 5.41) is 3.11. The van der Waals surface area contributed by atoms with Crippen molar-refractivity contribution < 1.29 is 4.79 Å². The van der Waals surface area contributed by atoms with Crippen LogP contribution in [0.4, 0.5) is 0 Å². The van der Waals surface area contributed by atoms with E-state index < -0.39 is 0 Å². The Balaban J connectivity index is 1.72. The van der Waals surface area contributed by atoms with Crippen LogP contribution in [0.1, 0.15) is 23.2 Å². The van der Waals surface area contributed by atoms with Crippen molar-refractivity contribution in [3.63, 3.8) is 0 Å². The molecule has 5 heteroatoms. The molecule has 3 rings (SSSR count). The summed E-state index contributed by atoms with van der Waals surface area (Å²) >= 11 is 0. The predicted octanol–water partition coefficient (Wildman–Crippen LogP) is 1.39. The minimum absolute atomic E-state index is 0.00296. The predicted molar refractivity (Wildman–Crippen MR) is 74.1 cm³/mol. The fraction of sp³-hybridized carbons (Fsp3) is 0.429. The van der Waals surface area contributed by atoms with E-state index in [0.29, 0.717) is 5.56 Å². The second kappa shape index (κ2) is 5.01. The summed E-state index contributed by atoms with van der Waals surface area (Å²) in [5.41, 5.74) is 2.47. The number of nitrogens with one attached hydrogen (secondary N) is 2. The number of H-pyrrole nitrogens is 1. The molecular weight excluding hydrogens is 240 g/mol. The van der Waals surface area contributed by atoms with Crippen LogP contribution in [0.5, 0.6) is 0 Å². The molecule has 0 bridgehead atoms. The highest BCUT2D eigenvalue weighted by Gasteiger charge is 2.19. The number of aromatic nitrogens is 2. The highest BCUT2D eigenvalue weighted by Crippen LogP contribution is 2.13. The number of nitrogens with zero attached hydrogens (tertiary/aromatic N) is 2. The number of likely N-dealkylation sites (N-methyl/N-ethyl adjacent to an activating group) is 1. The zero-order valence-corrected chi connectivity index (χ0v) is 11.0. The number of piperidine rings is 1. The lowest BCUT2D eigenvalue weighted by molar-refractivity contribution is 0.0912. The number of fused-ring (bicyclic) bond motifs is 1. The van der Waals surface area contributed by atoms with Gasteiger partial charge in [0.25, 0.3) is 5.91 Å². The van der Waals surface area contributed by atoms with Crippen LogP contribution in [0.25, 0.3) is 11.0 Å². The molecule has 1 aromatic heterocycles. The van der Waals surface area contributed by atoms with Gasteiger partial charge in [0, 0.05) is 18.2 Å². The smallest absolute Gasteiger partial charge is 0.251 e. The summed E-state index contributed by atoms with van der Waals surface area (Å²) in [6, 6.07) is 5.80. The number of imidazole rings is 1. The Hall–Kier alpha value is -1.88. The molecule has 0 aliphatic carbocycles. The van der Waals surface area contributed by atoms with Crippen LogP contribution < -0.4 is 5.32 Å². The summed E-state index contributed by atoms with van der Waals surface area (Å²) < 4.78 is 0. The van der Waals surface area contributed by atoms with Crippen LogP contribution >= 0.6 is 0 Å². The Morgan fingerprint density at radius 3 is 3.26 bits per heavy atom.